The number of aromatic nitrogens is 4. The van der Waals surface area contributed by atoms with Crippen LogP contribution in [0, 0.1) is 12.3 Å². The Morgan fingerprint density at radius 2 is 1.79 bits per heavy atom. The third kappa shape index (κ3) is 5.71. The molecule has 12 nitrogen and oxygen atoms in total. The summed E-state index contributed by atoms with van der Waals surface area (Å²) in [4.78, 5) is 50.9. The number of nitrogen functional groups attached to an aromatic ring is 2. The Bertz CT molecular complexity index is 1290. The topological polar surface area (TPSA) is 207 Å². The van der Waals surface area contributed by atoms with Gasteiger partial charge in [-0.2, -0.15) is 9.97 Å². The van der Waals surface area contributed by atoms with Gasteiger partial charge in [0.1, 0.15) is 6.04 Å². The molecule has 0 aliphatic carbocycles. The molecule has 7 N–H and O–H groups in total. The Hall–Kier alpha value is -4.79. The number of fused-ring (bicyclic) bond motifs is 1. The number of nitrogens with one attached hydrogen (secondary N) is 1. The Labute approximate surface area is 193 Å². The summed E-state index contributed by atoms with van der Waals surface area (Å²) in [7, 11) is 0. The van der Waals surface area contributed by atoms with Crippen LogP contribution in [0.1, 0.15) is 40.4 Å². The van der Waals surface area contributed by atoms with Crippen molar-refractivity contribution in [1.82, 2.24) is 25.3 Å². The molecule has 1 aromatic carbocycles. The van der Waals surface area contributed by atoms with Crippen LogP contribution in [-0.2, 0) is 16.0 Å². The molecule has 174 valence electrons. The van der Waals surface area contributed by atoms with Crippen LogP contribution in [0.15, 0.2) is 30.5 Å². The fourth-order valence-electron chi connectivity index (χ4n) is 3.20. The summed E-state index contributed by atoms with van der Waals surface area (Å²) in [6, 6.07) is 5.00. The molecule has 0 saturated carbocycles. The molecule has 3 aromatic rings. The fraction of sp³-hybridized carbons (Fsp3) is 0.227. The first kappa shape index (κ1) is 23.9. The molecule has 1 amide bonds. The lowest BCUT2D eigenvalue weighted by atomic mass is 9.94. The number of benzene rings is 1. The number of rotatable bonds is 9. The van der Waals surface area contributed by atoms with Crippen molar-refractivity contribution >= 4 is 40.8 Å². The minimum Gasteiger partial charge on any atom is -0.481 e. The normalized spacial score (nSPS) is 12.4. The number of nitrogens with two attached hydrogens (primary N) is 2. The standard InChI is InChI=1S/C22H21N7O5/c1-2-11(9-14-10-25-19-17(26-14)18(23)28-22(24)29-19)12-3-5-13(6-4-12)20(32)27-15(21(33)34)7-8-16(30)31/h1,3-6,10-11,15H,7-9H2,(H,27,32)(H,30,31)(H,33,34)(H4,23,24,25,28,29)/t11?,15-/m0/s1. The smallest absolute Gasteiger partial charge is 0.326 e. The highest BCUT2D eigenvalue weighted by atomic mass is 16.4. The SMILES string of the molecule is C#CC(Cc1cnc2nc(N)nc(N)c2n1)c1ccc(C(=O)N[C@@H](CCC(=O)O)C(=O)O)cc1. The number of hydrogen-bond acceptors (Lipinski definition) is 9. The number of carboxylic acids is 2. The lowest BCUT2D eigenvalue weighted by Crippen LogP contribution is -2.41. The van der Waals surface area contributed by atoms with Crippen molar-refractivity contribution in [3.05, 3.63) is 47.3 Å². The molecule has 0 fully saturated rings. The van der Waals surface area contributed by atoms with Crippen molar-refractivity contribution in [1.29, 1.82) is 0 Å². The molecule has 0 saturated heterocycles. The van der Waals surface area contributed by atoms with E-state index in [1.807, 2.05) is 0 Å². The van der Waals surface area contributed by atoms with Gasteiger partial charge in [-0.05, 0) is 24.1 Å². The van der Waals surface area contributed by atoms with Crippen LogP contribution < -0.4 is 16.8 Å². The summed E-state index contributed by atoms with van der Waals surface area (Å²) in [6.45, 7) is 0. The fourth-order valence-corrected chi connectivity index (χ4v) is 3.20. The highest BCUT2D eigenvalue weighted by molar-refractivity contribution is 5.96. The number of nitrogens with zero attached hydrogens (tertiary/aromatic N) is 4. The Morgan fingerprint density at radius 3 is 2.41 bits per heavy atom. The maximum absolute atomic E-state index is 12.4. The number of carboxylic acid groups (broad SMARTS) is 2. The van der Waals surface area contributed by atoms with Gasteiger partial charge in [-0.15, -0.1) is 6.42 Å². The quantitative estimate of drug-likeness (QED) is 0.277. The second-order valence-corrected chi connectivity index (χ2v) is 7.34. The molecule has 0 aliphatic rings. The van der Waals surface area contributed by atoms with Crippen LogP contribution in [0.5, 0.6) is 0 Å². The molecule has 3 rings (SSSR count). The first-order chi connectivity index (χ1) is 16.2. The maximum atomic E-state index is 12.4. The van der Waals surface area contributed by atoms with Gasteiger partial charge in [-0.25, -0.2) is 14.8 Å². The van der Waals surface area contributed by atoms with Gasteiger partial charge >= 0.3 is 11.9 Å². The van der Waals surface area contributed by atoms with Gasteiger partial charge in [0.05, 0.1) is 17.8 Å². The monoisotopic (exact) mass is 463 g/mol. The van der Waals surface area contributed by atoms with Gasteiger partial charge in [0.2, 0.25) is 5.95 Å². The molecule has 2 atom stereocenters. The van der Waals surface area contributed by atoms with Crippen molar-refractivity contribution < 1.29 is 24.6 Å². The van der Waals surface area contributed by atoms with Crippen molar-refractivity contribution in [2.24, 2.45) is 0 Å². The van der Waals surface area contributed by atoms with Gasteiger partial charge in [0.25, 0.3) is 5.91 Å². The van der Waals surface area contributed by atoms with Crippen molar-refractivity contribution in [3.63, 3.8) is 0 Å². The Kier molecular flexibility index (Phi) is 7.17. The van der Waals surface area contributed by atoms with E-state index < -0.39 is 29.8 Å². The van der Waals surface area contributed by atoms with Gasteiger partial charge < -0.3 is 27.0 Å². The molecular weight excluding hydrogens is 442 g/mol. The minimum atomic E-state index is -1.32. The van der Waals surface area contributed by atoms with Gasteiger partial charge in [-0.3, -0.25) is 9.59 Å². The number of terminal acetylenes is 1. The number of carbonyl (C=O) groups excluding carboxylic acids is 1. The number of anilines is 2. The molecule has 0 aliphatic heterocycles. The van der Waals surface area contributed by atoms with E-state index in [4.69, 9.17) is 23.0 Å². The second kappa shape index (κ2) is 10.2. The summed E-state index contributed by atoms with van der Waals surface area (Å²) in [5, 5.41) is 20.3. The Morgan fingerprint density at radius 1 is 1.09 bits per heavy atom. The minimum absolute atomic E-state index is 0.00533. The third-order valence-electron chi connectivity index (χ3n) is 4.94. The number of carbonyl (C=O) groups is 3. The van der Waals surface area contributed by atoms with E-state index in [1.54, 1.807) is 12.1 Å². The van der Waals surface area contributed by atoms with E-state index in [0.29, 0.717) is 17.6 Å². The summed E-state index contributed by atoms with van der Waals surface area (Å²) in [5.74, 6) is -0.734. The third-order valence-corrected chi connectivity index (χ3v) is 4.94. The van der Waals surface area contributed by atoms with Crippen molar-refractivity contribution in [2.75, 3.05) is 11.5 Å². The van der Waals surface area contributed by atoms with Crippen LogP contribution in [0.4, 0.5) is 11.8 Å². The van der Waals surface area contributed by atoms with Crippen molar-refractivity contribution in [2.45, 2.75) is 31.2 Å². The lowest BCUT2D eigenvalue weighted by molar-refractivity contribution is -0.140. The molecule has 0 spiro atoms. The molecule has 2 heterocycles. The van der Waals surface area contributed by atoms with Gasteiger partial charge in [0.15, 0.2) is 17.0 Å². The zero-order chi connectivity index (χ0) is 24.8. The van der Waals surface area contributed by atoms with E-state index in [-0.39, 0.29) is 35.8 Å². The molecular formula is C22H21N7O5. The molecule has 12 heteroatoms. The predicted octanol–water partition coefficient (Wildman–Crippen LogP) is 0.592. The van der Waals surface area contributed by atoms with Crippen LogP contribution >= 0.6 is 0 Å². The average molecular weight is 463 g/mol. The van der Waals surface area contributed by atoms with E-state index in [1.165, 1.54) is 18.3 Å². The van der Waals surface area contributed by atoms with Gasteiger partial charge in [-0.1, -0.05) is 18.1 Å². The summed E-state index contributed by atoms with van der Waals surface area (Å²) in [6.07, 6.45) is 6.94. The molecule has 0 bridgehead atoms. The highest BCUT2D eigenvalue weighted by Crippen LogP contribution is 2.22. The zero-order valence-corrected chi connectivity index (χ0v) is 17.8. The van der Waals surface area contributed by atoms with Crippen LogP contribution in [0.2, 0.25) is 0 Å². The van der Waals surface area contributed by atoms with Crippen LogP contribution in [0.3, 0.4) is 0 Å². The van der Waals surface area contributed by atoms with Gasteiger partial charge in [0, 0.05) is 18.4 Å². The summed E-state index contributed by atoms with van der Waals surface area (Å²) < 4.78 is 0. The highest BCUT2D eigenvalue weighted by Gasteiger charge is 2.22. The van der Waals surface area contributed by atoms with E-state index >= 15 is 0 Å². The summed E-state index contributed by atoms with van der Waals surface area (Å²) >= 11 is 0. The molecule has 34 heavy (non-hydrogen) atoms. The largest absolute Gasteiger partial charge is 0.481 e. The number of hydrogen-bond donors (Lipinski definition) is 5. The van der Waals surface area contributed by atoms with Crippen LogP contribution in [0.25, 0.3) is 11.2 Å². The van der Waals surface area contributed by atoms with Crippen molar-refractivity contribution in [3.8, 4) is 12.3 Å². The predicted molar refractivity (Wildman–Crippen MR) is 121 cm³/mol. The lowest BCUT2D eigenvalue weighted by Gasteiger charge is -2.15. The first-order valence-electron chi connectivity index (χ1n) is 10.0. The van der Waals surface area contributed by atoms with E-state index in [9.17, 15) is 19.5 Å². The second-order valence-electron chi connectivity index (χ2n) is 7.34. The van der Waals surface area contributed by atoms with E-state index in [0.717, 1.165) is 5.56 Å². The first-order valence-corrected chi connectivity index (χ1v) is 10.0. The van der Waals surface area contributed by atoms with E-state index in [2.05, 4.69) is 31.2 Å². The number of aliphatic carboxylic acids is 2. The average Bonchev–Trinajstić information content (AvgIpc) is 2.80. The Balaban J connectivity index is 1.73. The molecule has 2 aromatic heterocycles. The molecule has 1 unspecified atom stereocenters. The number of amides is 1. The zero-order valence-electron chi connectivity index (χ0n) is 17.8. The van der Waals surface area contributed by atoms with Crippen LogP contribution in [-0.4, -0.2) is 54.0 Å². The summed E-state index contributed by atoms with van der Waals surface area (Å²) in [5.41, 5.74) is 13.5. The molecule has 0 radical (unpaired) electrons. The maximum Gasteiger partial charge on any atom is 0.326 e.